The number of rotatable bonds is 1. The van der Waals surface area contributed by atoms with Gasteiger partial charge < -0.3 is 0 Å². The molecule has 2 aliphatic carbocycles. The van der Waals surface area contributed by atoms with Gasteiger partial charge in [-0.15, -0.1) is 0 Å². The van der Waals surface area contributed by atoms with Gasteiger partial charge >= 0.3 is 0 Å². The Bertz CT molecular complexity index is 358. The lowest BCUT2D eigenvalue weighted by atomic mass is 9.94. The molecule has 0 bridgehead atoms. The molecule has 0 heteroatoms. The van der Waals surface area contributed by atoms with Gasteiger partial charge in [0.1, 0.15) is 0 Å². The van der Waals surface area contributed by atoms with Gasteiger partial charge in [0.15, 0.2) is 0 Å². The largest absolute Gasteiger partial charge is 0.0842 e. The summed E-state index contributed by atoms with van der Waals surface area (Å²) in [6.45, 7) is 0. The van der Waals surface area contributed by atoms with Crippen molar-refractivity contribution in [3.8, 4) is 0 Å². The summed E-state index contributed by atoms with van der Waals surface area (Å²) in [5.74, 6) is 0. The molecule has 16 heavy (non-hydrogen) atoms. The number of hydrogen-bond acceptors (Lipinski definition) is 0. The Labute approximate surface area is 98.1 Å². The summed E-state index contributed by atoms with van der Waals surface area (Å²) in [7, 11) is 0. The van der Waals surface area contributed by atoms with Crippen LogP contribution in [0.3, 0.4) is 0 Å². The topological polar surface area (TPSA) is 0 Å². The summed E-state index contributed by atoms with van der Waals surface area (Å²) in [5.41, 5.74) is 2.97. The zero-order valence-electron chi connectivity index (χ0n) is 9.60. The zero-order chi connectivity index (χ0) is 11.1. The molecule has 2 aliphatic rings. The van der Waals surface area contributed by atoms with E-state index in [1.807, 2.05) is 0 Å². The Morgan fingerprint density at radius 2 is 1.06 bits per heavy atom. The number of allylic oxidation sites excluding steroid dienone is 12. The second-order valence-electron chi connectivity index (χ2n) is 4.09. The maximum Gasteiger partial charge on any atom is -0.0241 e. The second kappa shape index (κ2) is 6.12. The molecular weight excluding hydrogens is 192 g/mol. The molecule has 0 nitrogen and oxygen atoms in total. The highest BCUT2D eigenvalue weighted by molar-refractivity contribution is 5.38. The Hall–Kier alpha value is -1.56. The van der Waals surface area contributed by atoms with Crippen molar-refractivity contribution >= 4 is 0 Å². The highest BCUT2D eigenvalue weighted by atomic mass is 14.1. The van der Waals surface area contributed by atoms with Gasteiger partial charge in [-0.1, -0.05) is 60.8 Å². The normalized spacial score (nSPS) is 31.0. The van der Waals surface area contributed by atoms with Crippen molar-refractivity contribution in [2.45, 2.75) is 25.7 Å². The van der Waals surface area contributed by atoms with E-state index in [1.54, 1.807) is 0 Å². The minimum atomic E-state index is 1.15. The highest BCUT2D eigenvalue weighted by Crippen LogP contribution is 2.23. The zero-order valence-corrected chi connectivity index (χ0v) is 9.60. The summed E-state index contributed by atoms with van der Waals surface area (Å²) in [5, 5.41) is 0. The van der Waals surface area contributed by atoms with Crippen LogP contribution in [0.15, 0.2) is 71.9 Å². The summed E-state index contributed by atoms with van der Waals surface area (Å²) in [6, 6.07) is 0. The van der Waals surface area contributed by atoms with E-state index in [1.165, 1.54) is 11.1 Å². The SMILES string of the molecule is C1=C/C=C(/C2=C/C=C\C=C/CC2)CCC=C1. The van der Waals surface area contributed by atoms with E-state index in [-0.39, 0.29) is 0 Å². The fourth-order valence-electron chi connectivity index (χ4n) is 2.00. The standard InChI is InChI=1S/C16H18/c1-3-7-11-15(12-8-4-1)16-13-9-5-2-6-10-14-16/h1-7,9,11,13H,8,10,12,14H2/b4-1-,6-2?,7-3-,9-5?,15-11+,16-13+. The Morgan fingerprint density at radius 3 is 1.56 bits per heavy atom. The molecule has 82 valence electrons. The van der Waals surface area contributed by atoms with E-state index in [0.717, 1.165) is 25.7 Å². The summed E-state index contributed by atoms with van der Waals surface area (Å²) < 4.78 is 0. The average molecular weight is 210 g/mol. The highest BCUT2D eigenvalue weighted by Gasteiger charge is 2.04. The molecule has 0 spiro atoms. The van der Waals surface area contributed by atoms with Crippen molar-refractivity contribution in [1.29, 1.82) is 0 Å². The Morgan fingerprint density at radius 1 is 0.562 bits per heavy atom. The van der Waals surface area contributed by atoms with Crippen LogP contribution in [-0.4, -0.2) is 0 Å². The maximum absolute atomic E-state index is 2.26. The van der Waals surface area contributed by atoms with E-state index < -0.39 is 0 Å². The summed E-state index contributed by atoms with van der Waals surface area (Å²) in [4.78, 5) is 0. The molecule has 0 N–H and O–H groups in total. The fraction of sp³-hybridized carbons (Fsp3) is 0.250. The Kier molecular flexibility index (Phi) is 4.18. The van der Waals surface area contributed by atoms with Crippen molar-refractivity contribution < 1.29 is 0 Å². The predicted molar refractivity (Wildman–Crippen MR) is 71.2 cm³/mol. The van der Waals surface area contributed by atoms with Crippen LogP contribution in [0.1, 0.15) is 25.7 Å². The van der Waals surface area contributed by atoms with Gasteiger partial charge in [0.2, 0.25) is 0 Å². The van der Waals surface area contributed by atoms with Crippen LogP contribution in [0.4, 0.5) is 0 Å². The maximum atomic E-state index is 2.26. The van der Waals surface area contributed by atoms with E-state index in [9.17, 15) is 0 Å². The van der Waals surface area contributed by atoms with Crippen molar-refractivity contribution in [3.63, 3.8) is 0 Å². The van der Waals surface area contributed by atoms with Crippen molar-refractivity contribution in [2.75, 3.05) is 0 Å². The molecule has 0 saturated heterocycles. The first kappa shape index (κ1) is 10.9. The van der Waals surface area contributed by atoms with Gasteiger partial charge in [0.25, 0.3) is 0 Å². The first-order chi connectivity index (χ1) is 7.97. The predicted octanol–water partition coefficient (Wildman–Crippen LogP) is 4.65. The molecule has 0 aromatic heterocycles. The molecule has 0 unspecified atom stereocenters. The van der Waals surface area contributed by atoms with Gasteiger partial charge in [-0.25, -0.2) is 0 Å². The molecule has 0 atom stereocenters. The van der Waals surface area contributed by atoms with E-state index in [4.69, 9.17) is 0 Å². The molecule has 0 radical (unpaired) electrons. The molecule has 0 heterocycles. The molecular formula is C16H18. The van der Waals surface area contributed by atoms with Crippen LogP contribution in [0.25, 0.3) is 0 Å². The summed E-state index contributed by atoms with van der Waals surface area (Å²) in [6.07, 6.45) is 26.4. The molecule has 0 fully saturated rings. The quantitative estimate of drug-likeness (QED) is 0.591. The van der Waals surface area contributed by atoms with Crippen LogP contribution >= 0.6 is 0 Å². The first-order valence-corrected chi connectivity index (χ1v) is 6.02. The summed E-state index contributed by atoms with van der Waals surface area (Å²) >= 11 is 0. The van der Waals surface area contributed by atoms with Crippen molar-refractivity contribution in [1.82, 2.24) is 0 Å². The Balaban J connectivity index is 2.16. The van der Waals surface area contributed by atoms with E-state index in [2.05, 4.69) is 60.8 Å². The molecule has 0 aliphatic heterocycles. The van der Waals surface area contributed by atoms with Gasteiger partial charge in [-0.3, -0.25) is 0 Å². The monoisotopic (exact) mass is 210 g/mol. The van der Waals surface area contributed by atoms with Crippen LogP contribution in [-0.2, 0) is 0 Å². The molecule has 0 aromatic rings. The van der Waals surface area contributed by atoms with Gasteiger partial charge in [0, 0.05) is 0 Å². The first-order valence-electron chi connectivity index (χ1n) is 6.02. The molecule has 2 rings (SSSR count). The minimum Gasteiger partial charge on any atom is -0.0842 e. The van der Waals surface area contributed by atoms with Crippen molar-refractivity contribution in [2.24, 2.45) is 0 Å². The second-order valence-corrected chi connectivity index (χ2v) is 4.09. The lowest BCUT2D eigenvalue weighted by molar-refractivity contribution is 0.913. The van der Waals surface area contributed by atoms with Crippen molar-refractivity contribution in [3.05, 3.63) is 71.9 Å². The van der Waals surface area contributed by atoms with Gasteiger partial charge in [-0.05, 0) is 36.8 Å². The number of hydrogen-bond donors (Lipinski definition) is 0. The van der Waals surface area contributed by atoms with Crippen LogP contribution < -0.4 is 0 Å². The van der Waals surface area contributed by atoms with E-state index in [0.29, 0.717) is 0 Å². The third-order valence-electron chi connectivity index (χ3n) is 2.88. The van der Waals surface area contributed by atoms with Crippen LogP contribution in [0, 0.1) is 0 Å². The third-order valence-corrected chi connectivity index (χ3v) is 2.88. The minimum absolute atomic E-state index is 1.15. The lowest BCUT2D eigenvalue weighted by Crippen LogP contribution is -1.92. The van der Waals surface area contributed by atoms with Crippen LogP contribution in [0.5, 0.6) is 0 Å². The molecule has 0 saturated carbocycles. The van der Waals surface area contributed by atoms with E-state index >= 15 is 0 Å². The smallest absolute Gasteiger partial charge is 0.0241 e. The average Bonchev–Trinajstić information content (AvgIpc) is 2.18. The molecule has 0 aromatic carbocycles. The fourth-order valence-corrected chi connectivity index (χ4v) is 2.00. The van der Waals surface area contributed by atoms with Gasteiger partial charge in [-0.2, -0.15) is 0 Å². The van der Waals surface area contributed by atoms with Crippen LogP contribution in [0.2, 0.25) is 0 Å². The third kappa shape index (κ3) is 3.23. The lowest BCUT2D eigenvalue weighted by Gasteiger charge is -2.11. The molecule has 0 amide bonds. The van der Waals surface area contributed by atoms with Gasteiger partial charge in [0.05, 0.1) is 0 Å².